The van der Waals surface area contributed by atoms with E-state index in [0.29, 0.717) is 12.2 Å². The van der Waals surface area contributed by atoms with Crippen LogP contribution in [-0.4, -0.2) is 19.1 Å². The second-order valence-corrected chi connectivity index (χ2v) is 4.82. The summed E-state index contributed by atoms with van der Waals surface area (Å²) in [5.74, 6) is 0.307. The molecule has 20 heavy (non-hydrogen) atoms. The van der Waals surface area contributed by atoms with Gasteiger partial charge in [0.25, 0.3) is 0 Å². The first-order chi connectivity index (χ1) is 9.65. The van der Waals surface area contributed by atoms with Crippen LogP contribution in [-0.2, 0) is 6.42 Å². The monoisotopic (exact) mass is 294 g/mol. The van der Waals surface area contributed by atoms with E-state index in [2.05, 4.69) is 10.3 Å². The van der Waals surface area contributed by atoms with Gasteiger partial charge in [-0.1, -0.05) is 17.7 Å². The van der Waals surface area contributed by atoms with Crippen molar-refractivity contribution in [2.45, 2.75) is 12.5 Å². The van der Waals surface area contributed by atoms with E-state index >= 15 is 0 Å². The molecule has 0 aliphatic carbocycles. The minimum Gasteiger partial charge on any atom is -0.495 e. The van der Waals surface area contributed by atoms with Gasteiger partial charge in [0.15, 0.2) is 0 Å². The molecular weight excluding hydrogens is 279 g/mol. The maximum absolute atomic E-state index is 13.5. The molecule has 2 aromatic rings. The Morgan fingerprint density at radius 1 is 1.40 bits per heavy atom. The molecule has 0 amide bonds. The predicted octanol–water partition coefficient (Wildman–Crippen LogP) is 3.39. The number of ether oxygens (including phenoxy) is 1. The van der Waals surface area contributed by atoms with Gasteiger partial charge in [-0.3, -0.25) is 4.98 Å². The Kier molecular flexibility index (Phi) is 4.93. The summed E-state index contributed by atoms with van der Waals surface area (Å²) in [5, 5.41) is 3.35. The van der Waals surface area contributed by atoms with Crippen LogP contribution in [0.5, 0.6) is 5.75 Å². The molecule has 0 spiro atoms. The minimum absolute atomic E-state index is 0.00789. The van der Waals surface area contributed by atoms with E-state index in [9.17, 15) is 4.39 Å². The first-order valence-electron chi connectivity index (χ1n) is 6.24. The number of likely N-dealkylation sites (N-methyl/N-ethyl adjacent to an activating group) is 1. The SMILES string of the molecule is CNC(Cc1ccc(Cl)c(F)c1)c1ccncc1OC. The molecule has 1 heterocycles. The molecule has 0 aliphatic heterocycles. The molecule has 0 fully saturated rings. The van der Waals surface area contributed by atoms with Crippen LogP contribution in [0.15, 0.2) is 36.7 Å². The molecule has 0 aliphatic rings. The lowest BCUT2D eigenvalue weighted by Crippen LogP contribution is -2.19. The van der Waals surface area contributed by atoms with Gasteiger partial charge >= 0.3 is 0 Å². The second-order valence-electron chi connectivity index (χ2n) is 4.41. The first kappa shape index (κ1) is 14.8. The lowest BCUT2D eigenvalue weighted by molar-refractivity contribution is 0.399. The lowest BCUT2D eigenvalue weighted by atomic mass is 9.99. The van der Waals surface area contributed by atoms with Gasteiger partial charge in [-0.2, -0.15) is 0 Å². The van der Waals surface area contributed by atoms with Crippen molar-refractivity contribution in [2.75, 3.05) is 14.2 Å². The summed E-state index contributed by atoms with van der Waals surface area (Å²) < 4.78 is 18.8. The highest BCUT2D eigenvalue weighted by molar-refractivity contribution is 6.30. The summed E-state index contributed by atoms with van der Waals surface area (Å²) in [6.07, 6.45) is 4.01. The molecular formula is C15H16ClFN2O. The molecule has 0 radical (unpaired) electrons. The fraction of sp³-hybridized carbons (Fsp3) is 0.267. The van der Waals surface area contributed by atoms with Gasteiger partial charge in [-0.05, 0) is 37.2 Å². The van der Waals surface area contributed by atoms with Crippen molar-refractivity contribution < 1.29 is 9.13 Å². The van der Waals surface area contributed by atoms with Crippen molar-refractivity contribution in [1.29, 1.82) is 0 Å². The van der Waals surface area contributed by atoms with Gasteiger partial charge in [-0.25, -0.2) is 4.39 Å². The number of rotatable bonds is 5. The fourth-order valence-corrected chi connectivity index (χ4v) is 2.24. The molecule has 1 atom stereocenters. The quantitative estimate of drug-likeness (QED) is 0.918. The highest BCUT2D eigenvalue weighted by Gasteiger charge is 2.15. The average molecular weight is 295 g/mol. The molecule has 1 N–H and O–H groups in total. The molecule has 0 saturated carbocycles. The number of hydrogen-bond donors (Lipinski definition) is 1. The van der Waals surface area contributed by atoms with Crippen LogP contribution >= 0.6 is 11.6 Å². The van der Waals surface area contributed by atoms with Crippen molar-refractivity contribution in [3.63, 3.8) is 0 Å². The smallest absolute Gasteiger partial charge is 0.142 e. The zero-order chi connectivity index (χ0) is 14.5. The van der Waals surface area contributed by atoms with E-state index in [4.69, 9.17) is 16.3 Å². The van der Waals surface area contributed by atoms with Crippen molar-refractivity contribution in [3.05, 3.63) is 58.6 Å². The van der Waals surface area contributed by atoms with Crippen LogP contribution in [0.3, 0.4) is 0 Å². The van der Waals surface area contributed by atoms with E-state index in [1.54, 1.807) is 25.6 Å². The Hall–Kier alpha value is -1.65. The number of halogens is 2. The first-order valence-corrected chi connectivity index (χ1v) is 6.62. The number of nitrogens with zero attached hydrogens (tertiary/aromatic N) is 1. The topological polar surface area (TPSA) is 34.2 Å². The predicted molar refractivity (Wildman–Crippen MR) is 77.7 cm³/mol. The summed E-state index contributed by atoms with van der Waals surface area (Å²) in [5.41, 5.74) is 1.85. The second kappa shape index (κ2) is 6.68. The van der Waals surface area contributed by atoms with Gasteiger partial charge in [0.1, 0.15) is 11.6 Å². The summed E-state index contributed by atoms with van der Waals surface area (Å²) in [6.45, 7) is 0. The standard InChI is InChI=1S/C15H16ClFN2O/c1-18-14(11-5-6-19-9-15(11)20-2)8-10-3-4-12(16)13(17)7-10/h3-7,9,14,18H,8H2,1-2H3. The molecule has 106 valence electrons. The zero-order valence-corrected chi connectivity index (χ0v) is 12.1. The van der Waals surface area contributed by atoms with E-state index in [0.717, 1.165) is 11.1 Å². The van der Waals surface area contributed by atoms with E-state index in [1.165, 1.54) is 6.07 Å². The Morgan fingerprint density at radius 3 is 2.85 bits per heavy atom. The maximum Gasteiger partial charge on any atom is 0.142 e. The molecule has 1 aromatic carbocycles. The Morgan fingerprint density at radius 2 is 2.20 bits per heavy atom. The van der Waals surface area contributed by atoms with Crippen molar-refractivity contribution in [1.82, 2.24) is 10.3 Å². The summed E-state index contributed by atoms with van der Waals surface area (Å²) in [4.78, 5) is 4.04. The van der Waals surface area contributed by atoms with Crippen molar-refractivity contribution >= 4 is 11.6 Å². The number of hydrogen-bond acceptors (Lipinski definition) is 3. The Balaban J connectivity index is 2.26. The summed E-state index contributed by atoms with van der Waals surface area (Å²) in [7, 11) is 3.46. The van der Waals surface area contributed by atoms with Crippen LogP contribution in [0.25, 0.3) is 0 Å². The highest BCUT2D eigenvalue weighted by Crippen LogP contribution is 2.27. The van der Waals surface area contributed by atoms with Gasteiger partial charge in [0, 0.05) is 17.8 Å². The van der Waals surface area contributed by atoms with Crippen LogP contribution in [0.2, 0.25) is 5.02 Å². The molecule has 0 bridgehead atoms. The van der Waals surface area contributed by atoms with Gasteiger partial charge in [0.05, 0.1) is 18.3 Å². The number of pyridine rings is 1. The van der Waals surface area contributed by atoms with Crippen LogP contribution < -0.4 is 10.1 Å². The van der Waals surface area contributed by atoms with E-state index in [1.807, 2.05) is 19.2 Å². The summed E-state index contributed by atoms with van der Waals surface area (Å²) >= 11 is 5.70. The van der Waals surface area contributed by atoms with Gasteiger partial charge in [0.2, 0.25) is 0 Å². The number of benzene rings is 1. The van der Waals surface area contributed by atoms with Gasteiger partial charge < -0.3 is 10.1 Å². The van der Waals surface area contributed by atoms with Crippen LogP contribution in [0.4, 0.5) is 4.39 Å². The number of methoxy groups -OCH3 is 1. The van der Waals surface area contributed by atoms with Crippen molar-refractivity contribution in [3.8, 4) is 5.75 Å². The third-order valence-electron chi connectivity index (χ3n) is 3.18. The highest BCUT2D eigenvalue weighted by atomic mass is 35.5. The average Bonchev–Trinajstić information content (AvgIpc) is 2.48. The minimum atomic E-state index is -0.402. The van der Waals surface area contributed by atoms with E-state index < -0.39 is 5.82 Å². The molecule has 2 rings (SSSR count). The number of nitrogens with one attached hydrogen (secondary N) is 1. The number of aromatic nitrogens is 1. The molecule has 1 unspecified atom stereocenters. The molecule has 1 aromatic heterocycles. The third kappa shape index (κ3) is 3.26. The largest absolute Gasteiger partial charge is 0.495 e. The normalized spacial score (nSPS) is 12.2. The molecule has 0 saturated heterocycles. The van der Waals surface area contributed by atoms with Crippen molar-refractivity contribution in [2.24, 2.45) is 0 Å². The maximum atomic E-state index is 13.5. The van der Waals surface area contributed by atoms with Crippen LogP contribution in [0.1, 0.15) is 17.2 Å². The summed E-state index contributed by atoms with van der Waals surface area (Å²) in [6, 6.07) is 6.76. The van der Waals surface area contributed by atoms with E-state index in [-0.39, 0.29) is 11.1 Å². The van der Waals surface area contributed by atoms with Crippen LogP contribution in [0, 0.1) is 5.82 Å². The molecule has 5 heteroatoms. The Labute approximate surface area is 122 Å². The Bertz CT molecular complexity index is 592. The fourth-order valence-electron chi connectivity index (χ4n) is 2.12. The zero-order valence-electron chi connectivity index (χ0n) is 11.4. The lowest BCUT2D eigenvalue weighted by Gasteiger charge is -2.19. The third-order valence-corrected chi connectivity index (χ3v) is 3.49. The molecule has 3 nitrogen and oxygen atoms in total. The van der Waals surface area contributed by atoms with Gasteiger partial charge in [-0.15, -0.1) is 0 Å².